The molecule has 0 radical (unpaired) electrons. The van der Waals surface area contributed by atoms with E-state index in [0.29, 0.717) is 19.0 Å². The fourth-order valence-corrected chi connectivity index (χ4v) is 3.15. The Hall–Kier alpha value is -0.770. The Labute approximate surface area is 91.2 Å². The molecule has 2 fully saturated rings. The van der Waals surface area contributed by atoms with Crippen LogP contribution in [0.2, 0.25) is 0 Å². The van der Waals surface area contributed by atoms with Gasteiger partial charge < -0.3 is 16.0 Å². The van der Waals surface area contributed by atoms with Gasteiger partial charge in [0.25, 0.3) is 0 Å². The van der Waals surface area contributed by atoms with E-state index in [0.717, 1.165) is 19.4 Å². The van der Waals surface area contributed by atoms with E-state index in [2.05, 4.69) is 5.32 Å². The van der Waals surface area contributed by atoms with Crippen molar-refractivity contribution >= 4 is 6.03 Å². The van der Waals surface area contributed by atoms with Gasteiger partial charge in [-0.25, -0.2) is 4.79 Å². The number of likely N-dealkylation sites (tertiary alicyclic amines) is 1. The van der Waals surface area contributed by atoms with Crippen LogP contribution < -0.4 is 11.1 Å². The van der Waals surface area contributed by atoms with Gasteiger partial charge in [0.1, 0.15) is 0 Å². The second kappa shape index (κ2) is 4.00. The SMILES string of the molecule is CCNC(=O)N1CC2CCCC1(CN)C2. The van der Waals surface area contributed by atoms with Crippen LogP contribution in [0.5, 0.6) is 0 Å². The molecule has 2 rings (SSSR count). The van der Waals surface area contributed by atoms with Crippen molar-refractivity contribution in [1.82, 2.24) is 10.2 Å². The lowest BCUT2D eigenvalue weighted by molar-refractivity contribution is 0.140. The van der Waals surface area contributed by atoms with E-state index in [1.807, 2.05) is 11.8 Å². The minimum Gasteiger partial charge on any atom is -0.338 e. The molecule has 2 aliphatic rings. The van der Waals surface area contributed by atoms with Crippen molar-refractivity contribution in [3.63, 3.8) is 0 Å². The molecule has 0 aromatic rings. The van der Waals surface area contributed by atoms with Crippen molar-refractivity contribution in [3.8, 4) is 0 Å². The number of amides is 2. The number of nitrogens with two attached hydrogens (primary N) is 1. The summed E-state index contributed by atoms with van der Waals surface area (Å²) in [7, 11) is 0. The van der Waals surface area contributed by atoms with Crippen LogP contribution in [0.15, 0.2) is 0 Å². The van der Waals surface area contributed by atoms with Crippen molar-refractivity contribution in [2.75, 3.05) is 19.6 Å². The molecule has 15 heavy (non-hydrogen) atoms. The minimum absolute atomic E-state index is 0.0256. The molecule has 2 atom stereocenters. The predicted octanol–water partition coefficient (Wildman–Crippen LogP) is 0.919. The van der Waals surface area contributed by atoms with Crippen LogP contribution in [0.3, 0.4) is 0 Å². The van der Waals surface area contributed by atoms with Gasteiger partial charge in [-0.1, -0.05) is 6.42 Å². The highest BCUT2D eigenvalue weighted by molar-refractivity contribution is 5.75. The lowest BCUT2D eigenvalue weighted by Gasteiger charge is -2.38. The van der Waals surface area contributed by atoms with E-state index in [-0.39, 0.29) is 11.6 Å². The van der Waals surface area contributed by atoms with Gasteiger partial charge in [-0.15, -0.1) is 0 Å². The molecule has 0 aromatic heterocycles. The summed E-state index contributed by atoms with van der Waals surface area (Å²) >= 11 is 0. The monoisotopic (exact) mass is 211 g/mol. The fourth-order valence-electron chi connectivity index (χ4n) is 3.15. The number of carbonyl (C=O) groups excluding carboxylic acids is 1. The number of fused-ring (bicyclic) bond motifs is 2. The van der Waals surface area contributed by atoms with Crippen molar-refractivity contribution in [1.29, 1.82) is 0 Å². The van der Waals surface area contributed by atoms with Crippen LogP contribution in [-0.2, 0) is 0 Å². The summed E-state index contributed by atoms with van der Waals surface area (Å²) in [5.41, 5.74) is 5.85. The van der Waals surface area contributed by atoms with E-state index in [1.54, 1.807) is 0 Å². The average Bonchev–Trinajstić information content (AvgIpc) is 2.51. The van der Waals surface area contributed by atoms with Crippen LogP contribution in [0.1, 0.15) is 32.6 Å². The summed E-state index contributed by atoms with van der Waals surface area (Å²) in [6.07, 6.45) is 4.67. The summed E-state index contributed by atoms with van der Waals surface area (Å²) in [6, 6.07) is 0.0763. The zero-order valence-corrected chi connectivity index (χ0v) is 9.46. The van der Waals surface area contributed by atoms with Gasteiger partial charge in [-0.2, -0.15) is 0 Å². The minimum atomic E-state index is -0.0256. The molecule has 86 valence electrons. The zero-order valence-electron chi connectivity index (χ0n) is 9.46. The average molecular weight is 211 g/mol. The largest absolute Gasteiger partial charge is 0.338 e. The first kappa shape index (κ1) is 10.7. The third-order valence-corrected chi connectivity index (χ3v) is 3.89. The van der Waals surface area contributed by atoms with Gasteiger partial charge in [0, 0.05) is 19.6 Å². The van der Waals surface area contributed by atoms with Gasteiger partial charge in [0.05, 0.1) is 5.54 Å². The molecule has 0 spiro atoms. The standard InChI is InChI=1S/C11H21N3O/c1-2-13-10(15)14-7-9-4-3-5-11(14,6-9)8-12/h9H,2-8,12H2,1H3,(H,13,15). The third-order valence-electron chi connectivity index (χ3n) is 3.89. The number of nitrogens with zero attached hydrogens (tertiary/aromatic N) is 1. The smallest absolute Gasteiger partial charge is 0.317 e. The van der Waals surface area contributed by atoms with E-state index in [9.17, 15) is 4.79 Å². The highest BCUT2D eigenvalue weighted by atomic mass is 16.2. The number of carbonyl (C=O) groups is 1. The zero-order chi connectivity index (χ0) is 10.9. The van der Waals surface area contributed by atoms with E-state index in [1.165, 1.54) is 12.8 Å². The molecule has 3 N–H and O–H groups in total. The van der Waals surface area contributed by atoms with Crippen LogP contribution in [-0.4, -0.2) is 36.1 Å². The molecule has 4 nitrogen and oxygen atoms in total. The lowest BCUT2D eigenvalue weighted by Crippen LogP contribution is -2.55. The third kappa shape index (κ3) is 1.71. The van der Waals surface area contributed by atoms with Gasteiger partial charge in [-0.05, 0) is 32.1 Å². The number of rotatable bonds is 2. The summed E-state index contributed by atoms with van der Waals surface area (Å²) in [4.78, 5) is 13.9. The van der Waals surface area contributed by atoms with Crippen LogP contribution >= 0.6 is 0 Å². The predicted molar refractivity (Wildman–Crippen MR) is 59.5 cm³/mol. The second-order valence-electron chi connectivity index (χ2n) is 4.84. The molecule has 2 unspecified atom stereocenters. The summed E-state index contributed by atoms with van der Waals surface area (Å²) < 4.78 is 0. The number of nitrogens with one attached hydrogen (secondary N) is 1. The lowest BCUT2D eigenvalue weighted by atomic mass is 9.80. The first-order valence-corrected chi connectivity index (χ1v) is 5.97. The Morgan fingerprint density at radius 3 is 3.13 bits per heavy atom. The van der Waals surface area contributed by atoms with E-state index < -0.39 is 0 Å². The maximum Gasteiger partial charge on any atom is 0.317 e. The van der Waals surface area contributed by atoms with Crippen molar-refractivity contribution < 1.29 is 4.79 Å². The quantitative estimate of drug-likeness (QED) is 0.713. The fraction of sp³-hybridized carbons (Fsp3) is 0.909. The van der Waals surface area contributed by atoms with E-state index in [4.69, 9.17) is 5.73 Å². The van der Waals surface area contributed by atoms with Crippen molar-refractivity contribution in [3.05, 3.63) is 0 Å². The highest BCUT2D eigenvalue weighted by Gasteiger charge is 2.48. The molecule has 0 aromatic carbocycles. The number of hydrogen-bond acceptors (Lipinski definition) is 2. The maximum atomic E-state index is 11.9. The van der Waals surface area contributed by atoms with Gasteiger partial charge in [0.2, 0.25) is 0 Å². The first-order chi connectivity index (χ1) is 7.22. The van der Waals surface area contributed by atoms with E-state index >= 15 is 0 Å². The molecular formula is C11H21N3O. The highest BCUT2D eigenvalue weighted by Crippen LogP contribution is 2.43. The normalized spacial score (nSPS) is 34.3. The molecule has 1 saturated carbocycles. The van der Waals surface area contributed by atoms with Crippen molar-refractivity contribution in [2.45, 2.75) is 38.1 Å². The summed E-state index contributed by atoms with van der Waals surface area (Å²) in [6.45, 7) is 4.17. The van der Waals surface area contributed by atoms with Gasteiger partial charge >= 0.3 is 6.03 Å². The van der Waals surface area contributed by atoms with Crippen LogP contribution in [0.25, 0.3) is 0 Å². The summed E-state index contributed by atoms with van der Waals surface area (Å²) in [5.74, 6) is 0.685. The molecule has 2 bridgehead atoms. The Morgan fingerprint density at radius 1 is 1.67 bits per heavy atom. The maximum absolute atomic E-state index is 11.9. The molecule has 1 aliphatic heterocycles. The molecule has 2 amide bonds. The molecule has 4 heteroatoms. The van der Waals surface area contributed by atoms with Gasteiger partial charge in [0.15, 0.2) is 0 Å². The topological polar surface area (TPSA) is 58.4 Å². The number of urea groups is 1. The Morgan fingerprint density at radius 2 is 2.47 bits per heavy atom. The number of hydrogen-bond donors (Lipinski definition) is 2. The molecular weight excluding hydrogens is 190 g/mol. The molecule has 1 heterocycles. The Bertz CT molecular complexity index is 256. The molecule has 1 aliphatic carbocycles. The summed E-state index contributed by atoms with van der Waals surface area (Å²) in [5, 5.41) is 2.89. The molecule has 1 saturated heterocycles. The second-order valence-corrected chi connectivity index (χ2v) is 4.84. The van der Waals surface area contributed by atoms with Crippen molar-refractivity contribution in [2.24, 2.45) is 11.7 Å². The first-order valence-electron chi connectivity index (χ1n) is 5.97. The Kier molecular flexibility index (Phi) is 2.87. The van der Waals surface area contributed by atoms with Crippen LogP contribution in [0.4, 0.5) is 4.79 Å². The van der Waals surface area contributed by atoms with Gasteiger partial charge in [-0.3, -0.25) is 0 Å². The Balaban J connectivity index is 2.13. The van der Waals surface area contributed by atoms with Crippen LogP contribution in [0, 0.1) is 5.92 Å².